The van der Waals surface area contributed by atoms with Gasteiger partial charge >= 0.3 is 12.1 Å². The zero-order valence-corrected chi connectivity index (χ0v) is 13.8. The van der Waals surface area contributed by atoms with Crippen LogP contribution < -0.4 is 5.32 Å². The topological polar surface area (TPSA) is 84.9 Å². The third-order valence-electron chi connectivity index (χ3n) is 4.27. The molecule has 1 amide bonds. The quantitative estimate of drug-likeness (QED) is 0.844. The lowest BCUT2D eigenvalue weighted by atomic mass is 9.98. The molecule has 2 aromatic carbocycles. The van der Waals surface area contributed by atoms with Gasteiger partial charge in [-0.2, -0.15) is 0 Å². The van der Waals surface area contributed by atoms with Crippen LogP contribution in [0.4, 0.5) is 4.79 Å². The molecule has 0 unspecified atom stereocenters. The summed E-state index contributed by atoms with van der Waals surface area (Å²) in [6.45, 7) is 0.0126. The van der Waals surface area contributed by atoms with Crippen molar-refractivity contribution in [3.63, 3.8) is 0 Å². The van der Waals surface area contributed by atoms with Crippen LogP contribution in [0, 0.1) is 0 Å². The zero-order valence-electron chi connectivity index (χ0n) is 13.8. The molecule has 0 radical (unpaired) electrons. The average molecular weight is 341 g/mol. The van der Waals surface area contributed by atoms with Gasteiger partial charge in [0.15, 0.2) is 6.04 Å². The van der Waals surface area contributed by atoms with Gasteiger partial charge in [0.2, 0.25) is 0 Å². The molecule has 0 fully saturated rings. The molecule has 0 saturated carbocycles. The van der Waals surface area contributed by atoms with Crippen molar-refractivity contribution in [1.82, 2.24) is 5.32 Å². The summed E-state index contributed by atoms with van der Waals surface area (Å²) in [7, 11) is 1.37. The number of ether oxygens (including phenoxy) is 2. The Morgan fingerprint density at radius 1 is 1.08 bits per heavy atom. The summed E-state index contributed by atoms with van der Waals surface area (Å²) in [6.07, 6.45) is -0.772. The molecule has 1 atom stereocenters. The Hall–Kier alpha value is -2.86. The molecule has 1 aliphatic rings. The second-order valence-corrected chi connectivity index (χ2v) is 5.82. The van der Waals surface area contributed by atoms with Gasteiger partial charge in [0.25, 0.3) is 0 Å². The van der Waals surface area contributed by atoms with E-state index in [1.807, 2.05) is 48.5 Å². The highest BCUT2D eigenvalue weighted by molar-refractivity contribution is 5.81. The smallest absolute Gasteiger partial charge is 0.407 e. The lowest BCUT2D eigenvalue weighted by molar-refractivity contribution is -0.140. The number of fused-ring (bicyclic) bond motifs is 3. The molecule has 130 valence electrons. The minimum Gasteiger partial charge on any atom is -0.480 e. The van der Waals surface area contributed by atoms with E-state index in [9.17, 15) is 9.59 Å². The summed E-state index contributed by atoms with van der Waals surface area (Å²) in [5.41, 5.74) is 4.47. The summed E-state index contributed by atoms with van der Waals surface area (Å²) in [4.78, 5) is 23.0. The monoisotopic (exact) mass is 341 g/mol. The van der Waals surface area contributed by atoms with Crippen molar-refractivity contribution in [1.29, 1.82) is 0 Å². The highest BCUT2D eigenvalue weighted by Crippen LogP contribution is 2.44. The maximum absolute atomic E-state index is 12.0. The van der Waals surface area contributed by atoms with E-state index in [1.165, 1.54) is 7.11 Å². The number of hydrogen-bond donors (Lipinski definition) is 2. The second-order valence-electron chi connectivity index (χ2n) is 5.82. The number of amides is 1. The Kier molecular flexibility index (Phi) is 5.00. The number of nitrogens with one attached hydrogen (secondary N) is 1. The van der Waals surface area contributed by atoms with Crippen LogP contribution in [0.1, 0.15) is 17.0 Å². The highest BCUT2D eigenvalue weighted by atomic mass is 16.5. The van der Waals surface area contributed by atoms with Crippen LogP contribution in [0.2, 0.25) is 0 Å². The number of carbonyl (C=O) groups excluding carboxylic acids is 1. The summed E-state index contributed by atoms with van der Waals surface area (Å²) in [6, 6.07) is 14.9. The molecule has 6 heteroatoms. The number of carboxylic acid groups (broad SMARTS) is 1. The Balaban J connectivity index is 1.71. The first-order valence-electron chi connectivity index (χ1n) is 7.95. The Bertz CT molecular complexity index is 743. The molecular formula is C19H19NO5. The molecule has 0 aromatic heterocycles. The van der Waals surface area contributed by atoms with Crippen molar-refractivity contribution in [3.05, 3.63) is 59.7 Å². The summed E-state index contributed by atoms with van der Waals surface area (Å²) in [5, 5.41) is 11.3. The Morgan fingerprint density at radius 3 is 2.16 bits per heavy atom. The van der Waals surface area contributed by atoms with Crippen LogP contribution in [0.5, 0.6) is 0 Å². The van der Waals surface area contributed by atoms with E-state index in [0.29, 0.717) is 0 Å². The van der Waals surface area contributed by atoms with Crippen LogP contribution in [0.3, 0.4) is 0 Å². The van der Waals surface area contributed by atoms with Crippen LogP contribution in [-0.2, 0) is 14.3 Å². The molecule has 25 heavy (non-hydrogen) atoms. The maximum Gasteiger partial charge on any atom is 0.407 e. The molecule has 0 spiro atoms. The van der Waals surface area contributed by atoms with Gasteiger partial charge in [-0.05, 0) is 22.3 Å². The van der Waals surface area contributed by atoms with Crippen LogP contribution >= 0.6 is 0 Å². The third kappa shape index (κ3) is 3.49. The Labute approximate surface area is 145 Å². The summed E-state index contributed by atoms with van der Waals surface area (Å²) in [5.74, 6) is -1.24. The van der Waals surface area contributed by atoms with Crippen molar-refractivity contribution >= 4 is 12.1 Å². The van der Waals surface area contributed by atoms with Gasteiger partial charge in [-0.3, -0.25) is 0 Å². The molecule has 0 bridgehead atoms. The van der Waals surface area contributed by atoms with Gasteiger partial charge in [-0.25, -0.2) is 9.59 Å². The Morgan fingerprint density at radius 2 is 1.64 bits per heavy atom. The second kappa shape index (κ2) is 7.36. The number of carbonyl (C=O) groups is 2. The molecule has 1 aliphatic carbocycles. The van der Waals surface area contributed by atoms with Gasteiger partial charge < -0.3 is 19.9 Å². The first-order valence-corrected chi connectivity index (χ1v) is 7.95. The minimum absolute atomic E-state index is 0.0659. The van der Waals surface area contributed by atoms with E-state index in [-0.39, 0.29) is 19.1 Å². The van der Waals surface area contributed by atoms with Crippen molar-refractivity contribution in [2.75, 3.05) is 20.3 Å². The molecule has 6 nitrogen and oxygen atoms in total. The molecule has 0 aliphatic heterocycles. The summed E-state index contributed by atoms with van der Waals surface area (Å²) < 4.78 is 10.1. The number of carboxylic acids is 1. The predicted molar refractivity (Wildman–Crippen MR) is 91.5 cm³/mol. The van der Waals surface area contributed by atoms with E-state index in [0.717, 1.165) is 22.3 Å². The predicted octanol–water partition coefficient (Wildman–Crippen LogP) is 2.62. The fourth-order valence-electron chi connectivity index (χ4n) is 3.12. The molecule has 3 rings (SSSR count). The first-order chi connectivity index (χ1) is 12.1. The van der Waals surface area contributed by atoms with Crippen LogP contribution in [-0.4, -0.2) is 43.5 Å². The van der Waals surface area contributed by atoms with Gasteiger partial charge in [0, 0.05) is 13.0 Å². The SMILES string of the molecule is COC[C@@H](NC(=O)OCC1c2ccccc2-c2ccccc21)C(=O)O. The molecule has 0 heterocycles. The number of hydrogen-bond acceptors (Lipinski definition) is 4. The standard InChI is InChI=1S/C19H19NO5/c1-24-11-17(18(21)22)20-19(23)25-10-16-14-8-4-2-6-12(14)13-7-3-5-9-15(13)16/h2-9,16-17H,10-11H2,1H3,(H,20,23)(H,21,22)/t17-/m1/s1. The average Bonchev–Trinajstić information content (AvgIpc) is 2.93. The van der Waals surface area contributed by atoms with Crippen molar-refractivity contribution < 1.29 is 24.2 Å². The van der Waals surface area contributed by atoms with Gasteiger partial charge in [0.05, 0.1) is 6.61 Å². The zero-order chi connectivity index (χ0) is 17.8. The third-order valence-corrected chi connectivity index (χ3v) is 4.27. The number of methoxy groups -OCH3 is 1. The van der Waals surface area contributed by atoms with E-state index in [1.54, 1.807) is 0 Å². The fourth-order valence-corrected chi connectivity index (χ4v) is 3.12. The van der Waals surface area contributed by atoms with Crippen molar-refractivity contribution in [2.45, 2.75) is 12.0 Å². The van der Waals surface area contributed by atoms with E-state index in [2.05, 4.69) is 5.32 Å². The van der Waals surface area contributed by atoms with Crippen LogP contribution in [0.25, 0.3) is 11.1 Å². The largest absolute Gasteiger partial charge is 0.480 e. The van der Waals surface area contributed by atoms with E-state index in [4.69, 9.17) is 14.6 Å². The molecule has 2 N–H and O–H groups in total. The van der Waals surface area contributed by atoms with Crippen LogP contribution in [0.15, 0.2) is 48.5 Å². The molecular weight excluding hydrogens is 322 g/mol. The fraction of sp³-hybridized carbons (Fsp3) is 0.263. The van der Waals surface area contributed by atoms with Gasteiger partial charge in [0.1, 0.15) is 6.61 Å². The lowest BCUT2D eigenvalue weighted by Crippen LogP contribution is -2.44. The first kappa shape index (κ1) is 17.0. The molecule has 2 aromatic rings. The maximum atomic E-state index is 12.0. The highest BCUT2D eigenvalue weighted by Gasteiger charge is 2.29. The van der Waals surface area contributed by atoms with Gasteiger partial charge in [-0.1, -0.05) is 48.5 Å². The lowest BCUT2D eigenvalue weighted by Gasteiger charge is -2.17. The van der Waals surface area contributed by atoms with Gasteiger partial charge in [-0.15, -0.1) is 0 Å². The normalized spacial score (nSPS) is 13.6. The molecule has 0 saturated heterocycles. The summed E-state index contributed by atoms with van der Waals surface area (Å²) >= 11 is 0. The van der Waals surface area contributed by atoms with E-state index >= 15 is 0 Å². The van der Waals surface area contributed by atoms with E-state index < -0.39 is 18.1 Å². The number of rotatable bonds is 6. The van der Waals surface area contributed by atoms with Crippen molar-refractivity contribution in [2.24, 2.45) is 0 Å². The minimum atomic E-state index is -1.17. The van der Waals surface area contributed by atoms with Crippen molar-refractivity contribution in [3.8, 4) is 11.1 Å². The number of benzene rings is 2. The number of aliphatic carboxylic acids is 1. The number of alkyl carbamates (subject to hydrolysis) is 1.